The molecule has 0 radical (unpaired) electrons. The van der Waals surface area contributed by atoms with Crippen molar-refractivity contribution in [2.75, 3.05) is 18.4 Å². The van der Waals surface area contributed by atoms with Crippen LogP contribution in [0, 0.1) is 3.57 Å². The largest absolute Gasteiger partial charge is 0.391 e. The summed E-state index contributed by atoms with van der Waals surface area (Å²) in [6, 6.07) is 24.5. The van der Waals surface area contributed by atoms with Gasteiger partial charge in [0.05, 0.1) is 6.10 Å². The van der Waals surface area contributed by atoms with E-state index < -0.39 is 0 Å². The molecule has 170 valence electrons. The summed E-state index contributed by atoms with van der Waals surface area (Å²) in [5.41, 5.74) is 5.25. The maximum absolute atomic E-state index is 12.9. The van der Waals surface area contributed by atoms with Crippen LogP contribution in [-0.4, -0.2) is 41.1 Å². The first-order chi connectivity index (χ1) is 16.1. The third-order valence-electron chi connectivity index (χ3n) is 7.18. The van der Waals surface area contributed by atoms with Crippen LogP contribution in [0.1, 0.15) is 45.8 Å². The molecule has 3 aromatic carbocycles. The first-order valence-corrected chi connectivity index (χ1v) is 12.8. The second-order valence-electron chi connectivity index (χ2n) is 9.17. The number of aliphatic hydroxyl groups excluding tert-OH is 1. The predicted octanol–water partition coefficient (Wildman–Crippen LogP) is 5.25. The van der Waals surface area contributed by atoms with Crippen molar-refractivity contribution in [1.29, 1.82) is 0 Å². The van der Waals surface area contributed by atoms with Gasteiger partial charge < -0.3 is 10.4 Å². The van der Waals surface area contributed by atoms with Crippen molar-refractivity contribution in [1.82, 2.24) is 4.90 Å². The van der Waals surface area contributed by atoms with Gasteiger partial charge in [-0.2, -0.15) is 0 Å². The maximum atomic E-state index is 12.9. The molecule has 0 saturated carbocycles. The summed E-state index contributed by atoms with van der Waals surface area (Å²) >= 11 is 2.24. The number of likely N-dealkylation sites (tertiary alicyclic amines) is 1. The van der Waals surface area contributed by atoms with Gasteiger partial charge in [-0.1, -0.05) is 42.5 Å². The highest BCUT2D eigenvalue weighted by molar-refractivity contribution is 14.1. The van der Waals surface area contributed by atoms with Gasteiger partial charge in [0, 0.05) is 27.3 Å². The van der Waals surface area contributed by atoms with E-state index in [4.69, 9.17) is 0 Å². The lowest BCUT2D eigenvalue weighted by molar-refractivity contribution is 0.0296. The summed E-state index contributed by atoms with van der Waals surface area (Å²) in [6.45, 7) is 1.99. The van der Waals surface area contributed by atoms with Gasteiger partial charge in [-0.15, -0.1) is 0 Å². The Labute approximate surface area is 209 Å². The molecule has 1 aliphatic heterocycles. The molecule has 0 bridgehead atoms. The summed E-state index contributed by atoms with van der Waals surface area (Å²) in [5, 5.41) is 14.1. The lowest BCUT2D eigenvalue weighted by atomic mass is 9.82. The molecule has 1 heterocycles. The number of aliphatic hydroxyl groups is 1. The van der Waals surface area contributed by atoms with Crippen molar-refractivity contribution in [3.8, 4) is 0 Å². The molecule has 1 fully saturated rings. The third-order valence-corrected chi connectivity index (χ3v) is 7.90. The number of fused-ring (bicyclic) bond motifs is 1. The molecule has 1 saturated heterocycles. The predicted molar refractivity (Wildman–Crippen MR) is 141 cm³/mol. The molecule has 1 aliphatic carbocycles. The number of rotatable bonds is 4. The van der Waals surface area contributed by atoms with E-state index in [0.29, 0.717) is 17.9 Å². The number of halogens is 1. The van der Waals surface area contributed by atoms with Crippen LogP contribution in [0.25, 0.3) is 0 Å². The Bertz CT molecular complexity index is 1110. The average molecular weight is 552 g/mol. The Morgan fingerprint density at radius 1 is 0.909 bits per heavy atom. The summed E-state index contributed by atoms with van der Waals surface area (Å²) < 4.78 is 1.11. The molecular weight excluding hydrogens is 523 g/mol. The third kappa shape index (κ3) is 5.00. The SMILES string of the molecule is O=C(Nc1cccc2c1CC(N1CCC(c3ccccc3)CC1)C(O)C2)c1ccc(I)cc1. The molecule has 0 aromatic heterocycles. The lowest BCUT2D eigenvalue weighted by Gasteiger charge is -2.42. The van der Waals surface area contributed by atoms with Crippen LogP contribution in [0.15, 0.2) is 72.8 Å². The fraction of sp³-hybridized carbons (Fsp3) is 0.321. The molecular formula is C28H29IN2O2. The van der Waals surface area contributed by atoms with E-state index in [1.54, 1.807) is 0 Å². The van der Waals surface area contributed by atoms with Gasteiger partial charge in [0.1, 0.15) is 0 Å². The number of carbonyl (C=O) groups is 1. The van der Waals surface area contributed by atoms with E-state index in [0.717, 1.165) is 52.7 Å². The highest BCUT2D eigenvalue weighted by atomic mass is 127. The Kier molecular flexibility index (Phi) is 6.81. The molecule has 0 spiro atoms. The van der Waals surface area contributed by atoms with E-state index in [1.165, 1.54) is 5.56 Å². The normalized spacial score (nSPS) is 21.4. The summed E-state index contributed by atoms with van der Waals surface area (Å²) in [4.78, 5) is 15.3. The fourth-order valence-corrected chi connectivity index (χ4v) is 5.71. The van der Waals surface area contributed by atoms with Gasteiger partial charge in [0.15, 0.2) is 0 Å². The van der Waals surface area contributed by atoms with E-state index >= 15 is 0 Å². The molecule has 4 nitrogen and oxygen atoms in total. The molecule has 2 aliphatic rings. The van der Waals surface area contributed by atoms with E-state index in [2.05, 4.69) is 69.2 Å². The Morgan fingerprint density at radius 2 is 1.64 bits per heavy atom. The van der Waals surface area contributed by atoms with Crippen molar-refractivity contribution < 1.29 is 9.90 Å². The zero-order valence-electron chi connectivity index (χ0n) is 18.6. The van der Waals surface area contributed by atoms with E-state index in [1.807, 2.05) is 36.4 Å². The van der Waals surface area contributed by atoms with Crippen molar-refractivity contribution >= 4 is 34.2 Å². The highest BCUT2D eigenvalue weighted by Gasteiger charge is 2.35. The molecule has 2 N–H and O–H groups in total. The average Bonchev–Trinajstić information content (AvgIpc) is 2.85. The molecule has 33 heavy (non-hydrogen) atoms. The van der Waals surface area contributed by atoms with Crippen LogP contribution >= 0.6 is 22.6 Å². The zero-order chi connectivity index (χ0) is 22.8. The standard InChI is InChI=1S/C28H29IN2O2/c29-23-11-9-21(10-12-23)28(33)30-25-8-4-7-22-17-27(32)26(18-24(22)25)31-15-13-20(14-16-31)19-5-2-1-3-6-19/h1-12,20,26-27,32H,13-18H2,(H,30,33). The Balaban J connectivity index is 1.30. The van der Waals surface area contributed by atoms with Crippen molar-refractivity contribution in [3.63, 3.8) is 0 Å². The van der Waals surface area contributed by atoms with Gasteiger partial charge in [-0.3, -0.25) is 9.69 Å². The number of nitrogens with zero attached hydrogens (tertiary/aromatic N) is 1. The molecule has 1 amide bonds. The number of anilines is 1. The molecule has 5 rings (SSSR count). The van der Waals surface area contributed by atoms with Crippen molar-refractivity contribution in [3.05, 3.63) is 98.6 Å². The maximum Gasteiger partial charge on any atom is 0.255 e. The summed E-state index contributed by atoms with van der Waals surface area (Å²) in [5.74, 6) is 0.505. The topological polar surface area (TPSA) is 52.6 Å². The second kappa shape index (κ2) is 9.95. The molecule has 2 atom stereocenters. The number of hydrogen-bond acceptors (Lipinski definition) is 3. The quantitative estimate of drug-likeness (QED) is 0.435. The summed E-state index contributed by atoms with van der Waals surface area (Å²) in [7, 11) is 0. The van der Waals surface area contributed by atoms with Gasteiger partial charge >= 0.3 is 0 Å². The number of nitrogens with one attached hydrogen (secondary N) is 1. The van der Waals surface area contributed by atoms with E-state index in [-0.39, 0.29) is 18.1 Å². The summed E-state index contributed by atoms with van der Waals surface area (Å²) in [6.07, 6.45) is 3.24. The minimum absolute atomic E-state index is 0.0885. The van der Waals surface area contributed by atoms with Crippen LogP contribution < -0.4 is 5.32 Å². The van der Waals surface area contributed by atoms with Gasteiger partial charge in [-0.05, 0) is 108 Å². The van der Waals surface area contributed by atoms with Crippen LogP contribution in [0.4, 0.5) is 5.69 Å². The first kappa shape index (κ1) is 22.6. The number of benzene rings is 3. The second-order valence-corrected chi connectivity index (χ2v) is 10.4. The number of carbonyl (C=O) groups excluding carboxylic acids is 1. The number of hydrogen-bond donors (Lipinski definition) is 2. The molecule has 3 aromatic rings. The Hall–Kier alpha value is -2.22. The van der Waals surface area contributed by atoms with Gasteiger partial charge in [0.2, 0.25) is 0 Å². The van der Waals surface area contributed by atoms with Gasteiger partial charge in [0.25, 0.3) is 5.91 Å². The van der Waals surface area contributed by atoms with Crippen molar-refractivity contribution in [2.45, 2.75) is 43.7 Å². The van der Waals surface area contributed by atoms with Gasteiger partial charge in [-0.25, -0.2) is 0 Å². The first-order valence-electron chi connectivity index (χ1n) is 11.7. The Morgan fingerprint density at radius 3 is 2.36 bits per heavy atom. The highest BCUT2D eigenvalue weighted by Crippen LogP contribution is 2.34. The smallest absolute Gasteiger partial charge is 0.255 e. The lowest BCUT2D eigenvalue weighted by Crippen LogP contribution is -2.51. The monoisotopic (exact) mass is 552 g/mol. The van der Waals surface area contributed by atoms with E-state index in [9.17, 15) is 9.90 Å². The number of piperidine rings is 1. The fourth-order valence-electron chi connectivity index (χ4n) is 5.35. The van der Waals surface area contributed by atoms with Crippen LogP contribution in [0.3, 0.4) is 0 Å². The minimum atomic E-state index is -0.382. The molecule has 5 heteroatoms. The minimum Gasteiger partial charge on any atom is -0.391 e. The van der Waals surface area contributed by atoms with Crippen LogP contribution in [0.5, 0.6) is 0 Å². The number of amides is 1. The zero-order valence-corrected chi connectivity index (χ0v) is 20.7. The molecule has 2 unspecified atom stereocenters. The van der Waals surface area contributed by atoms with Crippen LogP contribution in [-0.2, 0) is 12.8 Å². The van der Waals surface area contributed by atoms with Crippen molar-refractivity contribution in [2.24, 2.45) is 0 Å². The van der Waals surface area contributed by atoms with Crippen LogP contribution in [0.2, 0.25) is 0 Å².